The maximum atomic E-state index is 11.8. The summed E-state index contributed by atoms with van der Waals surface area (Å²) in [5, 5.41) is 38.3. The number of aliphatic hydroxyl groups excluding tert-OH is 3. The van der Waals surface area contributed by atoms with Gasteiger partial charge in [0.1, 0.15) is 24.1 Å². The van der Waals surface area contributed by atoms with Crippen LogP contribution in [0, 0.1) is 6.92 Å². The molecule has 5 N–H and O–H groups in total. The Bertz CT molecular complexity index is 815. The average Bonchev–Trinajstić information content (AvgIpc) is 3.01. The summed E-state index contributed by atoms with van der Waals surface area (Å²) in [6, 6.07) is 0. The summed E-state index contributed by atoms with van der Waals surface area (Å²) in [5.74, 6) is -1.29. The van der Waals surface area contributed by atoms with Crippen molar-refractivity contribution in [3.63, 3.8) is 0 Å². The second-order valence-electron chi connectivity index (χ2n) is 5.23. The van der Waals surface area contributed by atoms with Gasteiger partial charge in [-0.15, -0.1) is 0 Å². The van der Waals surface area contributed by atoms with E-state index in [1.807, 2.05) is 0 Å². The molecule has 23 heavy (non-hydrogen) atoms. The molecule has 1 aliphatic heterocycles. The molecule has 11 heteroatoms. The first kappa shape index (κ1) is 15.6. The van der Waals surface area contributed by atoms with E-state index in [4.69, 9.17) is 9.84 Å². The third kappa shape index (κ3) is 2.39. The molecule has 0 spiro atoms. The molecule has 1 unspecified atom stereocenters. The molecule has 0 saturated carbocycles. The summed E-state index contributed by atoms with van der Waals surface area (Å²) in [4.78, 5) is 33.1. The number of rotatable bonds is 3. The Balaban J connectivity index is 2.03. The minimum absolute atomic E-state index is 0.00289. The normalized spacial score (nSPS) is 29.0. The SMILES string of the molecule is Cc1nc2c(ncn2[C@@H]2O[C@H](C(O)C(=O)O)[C@@H](O)[C@H]2O)c(=O)[nH]1. The molecule has 0 amide bonds. The van der Waals surface area contributed by atoms with E-state index in [1.165, 1.54) is 10.9 Å². The molecule has 0 bridgehead atoms. The van der Waals surface area contributed by atoms with Crippen LogP contribution in [0.15, 0.2) is 11.1 Å². The Hall–Kier alpha value is -2.34. The number of hydrogen-bond donors (Lipinski definition) is 5. The highest BCUT2D eigenvalue weighted by Crippen LogP contribution is 2.32. The zero-order valence-electron chi connectivity index (χ0n) is 11.8. The maximum absolute atomic E-state index is 11.8. The molecule has 0 radical (unpaired) electrons. The van der Waals surface area contributed by atoms with Gasteiger partial charge < -0.3 is 30.1 Å². The quantitative estimate of drug-likeness (QED) is 0.408. The van der Waals surface area contributed by atoms with E-state index in [2.05, 4.69) is 15.0 Å². The first-order valence-corrected chi connectivity index (χ1v) is 6.67. The molecule has 124 valence electrons. The fraction of sp³-hybridized carbons (Fsp3) is 0.500. The lowest BCUT2D eigenvalue weighted by Crippen LogP contribution is -2.42. The number of aliphatic carboxylic acids is 1. The fourth-order valence-corrected chi connectivity index (χ4v) is 2.54. The number of nitrogens with zero attached hydrogens (tertiary/aromatic N) is 3. The Morgan fingerprint density at radius 2 is 2.13 bits per heavy atom. The fourth-order valence-electron chi connectivity index (χ4n) is 2.54. The predicted molar refractivity (Wildman–Crippen MR) is 72.5 cm³/mol. The van der Waals surface area contributed by atoms with Gasteiger partial charge in [0.25, 0.3) is 5.56 Å². The van der Waals surface area contributed by atoms with E-state index >= 15 is 0 Å². The number of ether oxygens (including phenoxy) is 1. The summed E-state index contributed by atoms with van der Waals surface area (Å²) in [7, 11) is 0. The third-order valence-electron chi connectivity index (χ3n) is 3.66. The second-order valence-corrected chi connectivity index (χ2v) is 5.23. The molecule has 0 aromatic carbocycles. The zero-order chi connectivity index (χ0) is 16.9. The van der Waals surface area contributed by atoms with Crippen molar-refractivity contribution in [2.24, 2.45) is 0 Å². The highest BCUT2D eigenvalue weighted by atomic mass is 16.6. The number of aliphatic hydroxyl groups is 3. The number of aromatic amines is 1. The van der Waals surface area contributed by atoms with Crippen LogP contribution in [0.5, 0.6) is 0 Å². The van der Waals surface area contributed by atoms with Gasteiger partial charge in [0, 0.05) is 0 Å². The van der Waals surface area contributed by atoms with Gasteiger partial charge in [0.2, 0.25) is 0 Å². The summed E-state index contributed by atoms with van der Waals surface area (Å²) in [6.45, 7) is 1.55. The minimum Gasteiger partial charge on any atom is -0.479 e. The molecule has 3 rings (SSSR count). The second kappa shape index (κ2) is 5.38. The molecule has 2 aromatic rings. The zero-order valence-corrected chi connectivity index (χ0v) is 11.8. The van der Waals surface area contributed by atoms with Gasteiger partial charge in [-0.2, -0.15) is 0 Å². The Morgan fingerprint density at radius 3 is 2.78 bits per heavy atom. The lowest BCUT2D eigenvalue weighted by Gasteiger charge is -2.17. The number of hydrogen-bond acceptors (Lipinski definition) is 8. The smallest absolute Gasteiger partial charge is 0.335 e. The van der Waals surface area contributed by atoms with E-state index in [0.717, 1.165) is 0 Å². The number of fused-ring (bicyclic) bond motifs is 1. The molecule has 1 fully saturated rings. The van der Waals surface area contributed by atoms with Crippen LogP contribution >= 0.6 is 0 Å². The molecule has 0 aliphatic carbocycles. The minimum atomic E-state index is -2.02. The summed E-state index contributed by atoms with van der Waals surface area (Å²) >= 11 is 0. The van der Waals surface area contributed by atoms with Crippen molar-refractivity contribution >= 4 is 17.1 Å². The highest BCUT2D eigenvalue weighted by molar-refractivity contribution is 5.73. The Labute approximate surface area is 127 Å². The van der Waals surface area contributed by atoms with E-state index in [-0.39, 0.29) is 11.2 Å². The van der Waals surface area contributed by atoms with E-state index < -0.39 is 42.2 Å². The number of H-pyrrole nitrogens is 1. The van der Waals surface area contributed by atoms with Crippen LogP contribution < -0.4 is 5.56 Å². The largest absolute Gasteiger partial charge is 0.479 e. The van der Waals surface area contributed by atoms with Gasteiger partial charge in [0.15, 0.2) is 23.5 Å². The predicted octanol–water partition coefficient (Wildman–Crippen LogP) is -2.51. The van der Waals surface area contributed by atoms with Crippen LogP contribution in [0.2, 0.25) is 0 Å². The number of nitrogens with one attached hydrogen (secondary N) is 1. The van der Waals surface area contributed by atoms with Crippen LogP contribution in [0.3, 0.4) is 0 Å². The van der Waals surface area contributed by atoms with Gasteiger partial charge >= 0.3 is 5.97 Å². The van der Waals surface area contributed by atoms with Gasteiger partial charge in [-0.3, -0.25) is 9.36 Å². The van der Waals surface area contributed by atoms with Crippen LogP contribution in [-0.4, -0.2) is 70.3 Å². The summed E-state index contributed by atoms with van der Waals surface area (Å²) < 4.78 is 6.49. The molecule has 2 aromatic heterocycles. The van der Waals surface area contributed by atoms with Crippen molar-refractivity contribution in [2.45, 2.75) is 37.6 Å². The van der Waals surface area contributed by atoms with Gasteiger partial charge in [-0.25, -0.2) is 14.8 Å². The Kier molecular flexibility index (Phi) is 3.64. The van der Waals surface area contributed by atoms with Gasteiger partial charge in [0.05, 0.1) is 6.33 Å². The van der Waals surface area contributed by atoms with E-state index in [1.54, 1.807) is 6.92 Å². The van der Waals surface area contributed by atoms with E-state index in [0.29, 0.717) is 5.82 Å². The van der Waals surface area contributed by atoms with Crippen LogP contribution in [0.4, 0.5) is 0 Å². The average molecular weight is 326 g/mol. The molecule has 1 aliphatic rings. The molecule has 3 heterocycles. The molecular formula is C12H14N4O7. The summed E-state index contributed by atoms with van der Waals surface area (Å²) in [5.41, 5.74) is -0.377. The van der Waals surface area contributed by atoms with Crippen molar-refractivity contribution in [3.8, 4) is 0 Å². The Morgan fingerprint density at radius 1 is 1.43 bits per heavy atom. The monoisotopic (exact) mass is 326 g/mol. The first-order chi connectivity index (χ1) is 10.8. The third-order valence-corrected chi connectivity index (χ3v) is 3.66. The lowest BCUT2D eigenvalue weighted by molar-refractivity contribution is -0.160. The van der Waals surface area contributed by atoms with Crippen LogP contribution in [-0.2, 0) is 9.53 Å². The molecular weight excluding hydrogens is 312 g/mol. The topological polar surface area (TPSA) is 171 Å². The summed E-state index contributed by atoms with van der Waals surface area (Å²) in [6.07, 6.45) is -6.78. The van der Waals surface area contributed by atoms with Gasteiger partial charge in [-0.05, 0) is 6.92 Å². The number of carboxylic acid groups (broad SMARTS) is 1. The van der Waals surface area contributed by atoms with Gasteiger partial charge in [-0.1, -0.05) is 0 Å². The number of carbonyl (C=O) groups is 1. The maximum Gasteiger partial charge on any atom is 0.335 e. The van der Waals surface area contributed by atoms with Crippen molar-refractivity contribution in [2.75, 3.05) is 0 Å². The first-order valence-electron chi connectivity index (χ1n) is 6.67. The van der Waals surface area contributed by atoms with Crippen LogP contribution in [0.1, 0.15) is 12.1 Å². The highest BCUT2D eigenvalue weighted by Gasteiger charge is 2.49. The number of aromatic nitrogens is 4. The van der Waals surface area contributed by atoms with Crippen molar-refractivity contribution < 1.29 is 30.0 Å². The molecule has 11 nitrogen and oxygen atoms in total. The van der Waals surface area contributed by atoms with Crippen LogP contribution in [0.25, 0.3) is 11.2 Å². The van der Waals surface area contributed by atoms with Crippen molar-refractivity contribution in [1.82, 2.24) is 19.5 Å². The van der Waals surface area contributed by atoms with Crippen molar-refractivity contribution in [1.29, 1.82) is 0 Å². The number of aryl methyl sites for hydroxylation is 1. The standard InChI is InChI=1S/C12H14N4O7/c1-3-14-9-4(10(20)15-3)13-2-16(9)11-6(18)5(17)8(23-11)7(19)12(21)22/h2,5-8,11,17-19H,1H3,(H,21,22)(H,14,15,20)/t5-,6+,7?,8-,11+/m0/s1. The van der Waals surface area contributed by atoms with Crippen molar-refractivity contribution in [3.05, 3.63) is 22.5 Å². The number of carboxylic acids is 1. The lowest BCUT2D eigenvalue weighted by atomic mass is 10.1. The molecule has 5 atom stereocenters. The number of imidazole rings is 1. The van der Waals surface area contributed by atoms with E-state index in [9.17, 15) is 24.9 Å². The molecule has 1 saturated heterocycles.